The van der Waals surface area contributed by atoms with Crippen LogP contribution in [0.5, 0.6) is 5.75 Å². The van der Waals surface area contributed by atoms with Crippen molar-refractivity contribution < 1.29 is 22.7 Å². The highest BCUT2D eigenvalue weighted by Crippen LogP contribution is 2.27. The fourth-order valence-corrected chi connectivity index (χ4v) is 6.50. The fourth-order valence-electron chi connectivity index (χ4n) is 4.93. The molecule has 1 atom stereocenters. The maximum absolute atomic E-state index is 14.0. The van der Waals surface area contributed by atoms with Gasteiger partial charge in [-0.2, -0.15) is 0 Å². The number of halogens is 1. The first-order chi connectivity index (χ1) is 19.7. The van der Waals surface area contributed by atoms with Crippen LogP contribution in [0.2, 0.25) is 5.02 Å². The zero-order chi connectivity index (χ0) is 29.4. The van der Waals surface area contributed by atoms with Gasteiger partial charge in [0.2, 0.25) is 11.8 Å². The van der Waals surface area contributed by atoms with Crippen LogP contribution in [-0.2, 0) is 26.2 Å². The van der Waals surface area contributed by atoms with Crippen LogP contribution in [0, 0.1) is 0 Å². The normalized spacial score (nSPS) is 14.6. The van der Waals surface area contributed by atoms with Crippen molar-refractivity contribution in [3.63, 3.8) is 0 Å². The summed E-state index contributed by atoms with van der Waals surface area (Å²) in [7, 11) is -2.60. The van der Waals surface area contributed by atoms with Crippen molar-refractivity contribution in [1.29, 1.82) is 0 Å². The smallest absolute Gasteiger partial charge is 0.264 e. The Hall–Kier alpha value is -3.56. The molecule has 0 bridgehead atoms. The molecule has 41 heavy (non-hydrogen) atoms. The topological polar surface area (TPSA) is 96.0 Å². The van der Waals surface area contributed by atoms with Crippen LogP contribution >= 0.6 is 11.6 Å². The maximum atomic E-state index is 14.0. The number of hydrogen-bond donors (Lipinski definition) is 1. The van der Waals surface area contributed by atoms with Crippen molar-refractivity contribution in [2.75, 3.05) is 18.0 Å². The average Bonchev–Trinajstić information content (AvgIpc) is 3.00. The first-order valence-corrected chi connectivity index (χ1v) is 15.6. The number of methoxy groups -OCH3 is 1. The molecule has 218 valence electrons. The second-order valence-corrected chi connectivity index (χ2v) is 12.5. The molecule has 0 aromatic heterocycles. The molecule has 0 radical (unpaired) electrons. The molecule has 0 heterocycles. The Morgan fingerprint density at radius 2 is 1.59 bits per heavy atom. The van der Waals surface area contributed by atoms with Crippen LogP contribution < -0.4 is 14.4 Å². The van der Waals surface area contributed by atoms with Gasteiger partial charge in [-0.15, -0.1) is 0 Å². The molecule has 3 aromatic rings. The molecule has 10 heteroatoms. The van der Waals surface area contributed by atoms with Crippen LogP contribution in [0.15, 0.2) is 83.8 Å². The minimum atomic E-state index is -4.12. The standard InChI is InChI=1S/C31H36ClN3O5S/c1-23(31(37)33-26-9-5-3-6-10-26)34(21-24-13-15-25(32)16-14-24)30(36)22-35(27-17-19-28(40-2)20-18-27)41(38,39)29-11-7-4-8-12-29/h4,7-8,11-20,23,26H,3,5-6,9-10,21-22H2,1-2H3,(H,33,37). The molecule has 0 saturated heterocycles. The first kappa shape index (κ1) is 30.4. The number of benzene rings is 3. The highest BCUT2D eigenvalue weighted by atomic mass is 35.5. The number of carbonyl (C=O) groups is 2. The second-order valence-electron chi connectivity index (χ2n) is 10.2. The van der Waals surface area contributed by atoms with Crippen molar-refractivity contribution in [3.8, 4) is 5.75 Å². The van der Waals surface area contributed by atoms with Crippen LogP contribution in [-0.4, -0.2) is 50.9 Å². The number of anilines is 1. The minimum absolute atomic E-state index is 0.0518. The molecule has 1 aliphatic carbocycles. The summed E-state index contributed by atoms with van der Waals surface area (Å²) in [4.78, 5) is 28.9. The largest absolute Gasteiger partial charge is 0.497 e. The predicted molar refractivity (Wildman–Crippen MR) is 160 cm³/mol. The van der Waals surface area contributed by atoms with Gasteiger partial charge in [-0.05, 0) is 73.9 Å². The van der Waals surface area contributed by atoms with E-state index >= 15 is 0 Å². The van der Waals surface area contributed by atoms with Gasteiger partial charge < -0.3 is 15.0 Å². The third-order valence-corrected chi connectivity index (χ3v) is 9.40. The van der Waals surface area contributed by atoms with Crippen LogP contribution in [0.3, 0.4) is 0 Å². The van der Waals surface area contributed by atoms with E-state index in [2.05, 4.69) is 5.32 Å². The highest BCUT2D eigenvalue weighted by Gasteiger charge is 2.33. The van der Waals surface area contributed by atoms with E-state index in [1.165, 1.54) is 24.1 Å². The van der Waals surface area contributed by atoms with E-state index in [-0.39, 0.29) is 23.4 Å². The number of nitrogens with zero attached hydrogens (tertiary/aromatic N) is 2. The monoisotopic (exact) mass is 597 g/mol. The van der Waals surface area contributed by atoms with E-state index in [1.807, 2.05) is 0 Å². The van der Waals surface area contributed by atoms with Crippen LogP contribution in [0.25, 0.3) is 0 Å². The molecule has 4 rings (SSSR count). The molecule has 1 fully saturated rings. The summed E-state index contributed by atoms with van der Waals surface area (Å²) < 4.78 is 34.0. The third-order valence-electron chi connectivity index (χ3n) is 7.36. The number of carbonyl (C=O) groups excluding carboxylic acids is 2. The van der Waals surface area contributed by atoms with Crippen LogP contribution in [0.1, 0.15) is 44.6 Å². The molecular formula is C31H36ClN3O5S. The maximum Gasteiger partial charge on any atom is 0.264 e. The van der Waals surface area contributed by atoms with Gasteiger partial charge in [0.15, 0.2) is 0 Å². The number of hydrogen-bond acceptors (Lipinski definition) is 5. The number of sulfonamides is 1. The average molecular weight is 598 g/mol. The molecule has 3 aromatic carbocycles. The van der Waals surface area contributed by atoms with E-state index in [0.717, 1.165) is 42.0 Å². The summed E-state index contributed by atoms with van der Waals surface area (Å²) in [5.74, 6) is -0.225. The number of nitrogens with one attached hydrogen (secondary N) is 1. The van der Waals surface area contributed by atoms with Crippen molar-refractivity contribution in [2.45, 2.75) is 62.6 Å². The van der Waals surface area contributed by atoms with Gasteiger partial charge in [0, 0.05) is 17.6 Å². The summed E-state index contributed by atoms with van der Waals surface area (Å²) in [6.07, 6.45) is 5.08. The molecule has 1 N–H and O–H groups in total. The molecule has 1 saturated carbocycles. The number of rotatable bonds is 11. The van der Waals surface area contributed by atoms with Crippen molar-refractivity contribution in [1.82, 2.24) is 10.2 Å². The van der Waals surface area contributed by atoms with E-state index in [1.54, 1.807) is 73.7 Å². The van der Waals surface area contributed by atoms with Crippen LogP contribution in [0.4, 0.5) is 5.69 Å². The summed E-state index contributed by atoms with van der Waals surface area (Å²) in [5, 5.41) is 3.65. The minimum Gasteiger partial charge on any atom is -0.497 e. The summed E-state index contributed by atoms with van der Waals surface area (Å²) >= 11 is 6.07. The number of ether oxygens (including phenoxy) is 1. The van der Waals surface area contributed by atoms with Gasteiger partial charge in [-0.3, -0.25) is 13.9 Å². The lowest BCUT2D eigenvalue weighted by atomic mass is 9.95. The van der Waals surface area contributed by atoms with Gasteiger partial charge in [0.1, 0.15) is 18.3 Å². The molecule has 0 aliphatic heterocycles. The van der Waals surface area contributed by atoms with E-state index in [9.17, 15) is 18.0 Å². The fraction of sp³-hybridized carbons (Fsp3) is 0.355. The second kappa shape index (κ2) is 13.9. The molecular weight excluding hydrogens is 562 g/mol. The van der Waals surface area contributed by atoms with Crippen molar-refractivity contribution in [2.24, 2.45) is 0 Å². The van der Waals surface area contributed by atoms with E-state index < -0.39 is 28.5 Å². The summed E-state index contributed by atoms with van der Waals surface area (Å²) in [5.41, 5.74) is 1.07. The lowest BCUT2D eigenvalue weighted by Crippen LogP contribution is -2.53. The Labute approximate surface area is 247 Å². The van der Waals surface area contributed by atoms with E-state index in [4.69, 9.17) is 16.3 Å². The molecule has 8 nitrogen and oxygen atoms in total. The van der Waals surface area contributed by atoms with Gasteiger partial charge >= 0.3 is 0 Å². The zero-order valence-electron chi connectivity index (χ0n) is 23.3. The summed E-state index contributed by atoms with van der Waals surface area (Å²) in [6, 6.07) is 20.7. The Balaban J connectivity index is 1.66. The van der Waals surface area contributed by atoms with Gasteiger partial charge in [-0.25, -0.2) is 8.42 Å². The zero-order valence-corrected chi connectivity index (χ0v) is 24.9. The Morgan fingerprint density at radius 1 is 0.951 bits per heavy atom. The highest BCUT2D eigenvalue weighted by molar-refractivity contribution is 7.92. The molecule has 2 amide bonds. The number of amides is 2. The Bertz CT molecular complexity index is 1410. The van der Waals surface area contributed by atoms with Gasteiger partial charge in [0.05, 0.1) is 17.7 Å². The summed E-state index contributed by atoms with van der Waals surface area (Å²) in [6.45, 7) is 1.28. The first-order valence-electron chi connectivity index (χ1n) is 13.7. The van der Waals surface area contributed by atoms with Crippen molar-refractivity contribution in [3.05, 3.63) is 89.4 Å². The third kappa shape index (κ3) is 7.80. The SMILES string of the molecule is COc1ccc(N(CC(=O)N(Cc2ccc(Cl)cc2)C(C)C(=O)NC2CCCCC2)S(=O)(=O)c2ccccc2)cc1. The molecule has 0 spiro atoms. The molecule has 1 aliphatic rings. The Morgan fingerprint density at radius 3 is 2.20 bits per heavy atom. The Kier molecular flexibility index (Phi) is 10.3. The quantitative estimate of drug-likeness (QED) is 0.319. The van der Waals surface area contributed by atoms with Gasteiger partial charge in [0.25, 0.3) is 10.0 Å². The lowest BCUT2D eigenvalue weighted by Gasteiger charge is -2.33. The van der Waals surface area contributed by atoms with E-state index in [0.29, 0.717) is 16.5 Å². The lowest BCUT2D eigenvalue weighted by molar-refractivity contribution is -0.139. The predicted octanol–water partition coefficient (Wildman–Crippen LogP) is 5.41. The van der Waals surface area contributed by atoms with Crippen molar-refractivity contribution >= 4 is 39.1 Å². The van der Waals surface area contributed by atoms with Gasteiger partial charge in [-0.1, -0.05) is 61.2 Å². The molecule has 1 unspecified atom stereocenters.